The van der Waals surface area contributed by atoms with Crippen LogP contribution in [0.3, 0.4) is 0 Å². The molecule has 0 aliphatic rings. The van der Waals surface area contributed by atoms with E-state index in [0.29, 0.717) is 22.5 Å². The lowest BCUT2D eigenvalue weighted by Gasteiger charge is -2.07. The van der Waals surface area contributed by atoms with Gasteiger partial charge in [0.1, 0.15) is 17.2 Å². The van der Waals surface area contributed by atoms with Crippen LogP contribution in [0.2, 0.25) is 0 Å². The fourth-order valence-electron chi connectivity index (χ4n) is 3.97. The molecule has 0 aliphatic carbocycles. The molecule has 5 rings (SSSR count). The molecule has 0 radical (unpaired) electrons. The highest BCUT2D eigenvalue weighted by atomic mass is 19.1. The maximum Gasteiger partial charge on any atom is 0.255 e. The number of furan rings is 1. The van der Waals surface area contributed by atoms with E-state index in [1.54, 1.807) is 19.2 Å². The molecular formula is C25H19FN2O2. The van der Waals surface area contributed by atoms with Crippen molar-refractivity contribution in [3.05, 3.63) is 83.8 Å². The third-order valence-corrected chi connectivity index (χ3v) is 5.38. The number of aromatic amines is 1. The molecule has 2 heterocycles. The van der Waals surface area contributed by atoms with Gasteiger partial charge in [0, 0.05) is 35.1 Å². The second-order valence-electron chi connectivity index (χ2n) is 7.33. The molecule has 5 heteroatoms. The van der Waals surface area contributed by atoms with E-state index >= 15 is 0 Å². The molecule has 0 unspecified atom stereocenters. The zero-order valence-electron chi connectivity index (χ0n) is 16.5. The molecule has 5 aromatic rings. The van der Waals surface area contributed by atoms with Gasteiger partial charge in [-0.3, -0.25) is 4.79 Å². The highest BCUT2D eigenvalue weighted by molar-refractivity contribution is 6.19. The van der Waals surface area contributed by atoms with Crippen molar-refractivity contribution in [2.24, 2.45) is 0 Å². The van der Waals surface area contributed by atoms with Gasteiger partial charge in [0.15, 0.2) is 0 Å². The number of rotatable bonds is 3. The van der Waals surface area contributed by atoms with Crippen molar-refractivity contribution in [1.82, 2.24) is 10.3 Å². The molecule has 0 saturated carbocycles. The number of carbonyl (C=O) groups is 1. The van der Waals surface area contributed by atoms with Gasteiger partial charge in [-0.05, 0) is 48.9 Å². The first-order valence-corrected chi connectivity index (χ1v) is 9.68. The molecule has 2 aromatic heterocycles. The minimum atomic E-state index is -0.342. The lowest BCUT2D eigenvalue weighted by atomic mass is 9.97. The lowest BCUT2D eigenvalue weighted by molar-refractivity contribution is 0.0964. The van der Waals surface area contributed by atoms with Crippen LogP contribution in [0.5, 0.6) is 0 Å². The highest BCUT2D eigenvalue weighted by Crippen LogP contribution is 2.41. The van der Waals surface area contributed by atoms with Crippen LogP contribution in [0, 0.1) is 12.7 Å². The summed E-state index contributed by atoms with van der Waals surface area (Å²) in [4.78, 5) is 16.2. The monoisotopic (exact) mass is 398 g/mol. The van der Waals surface area contributed by atoms with Gasteiger partial charge in [-0.25, -0.2) is 4.39 Å². The van der Waals surface area contributed by atoms with Gasteiger partial charge in [-0.15, -0.1) is 0 Å². The van der Waals surface area contributed by atoms with E-state index in [9.17, 15) is 9.18 Å². The molecule has 2 N–H and O–H groups in total. The van der Waals surface area contributed by atoms with Gasteiger partial charge in [-0.1, -0.05) is 29.8 Å². The summed E-state index contributed by atoms with van der Waals surface area (Å²) in [5.74, 6) is -0.169. The first-order chi connectivity index (χ1) is 14.6. The Bertz CT molecular complexity index is 1410. The Kier molecular flexibility index (Phi) is 4.17. The van der Waals surface area contributed by atoms with Crippen molar-refractivity contribution < 1.29 is 13.6 Å². The molecule has 0 spiro atoms. The maximum atomic E-state index is 13.5. The second kappa shape index (κ2) is 6.88. The van der Waals surface area contributed by atoms with Crippen molar-refractivity contribution in [3.8, 4) is 22.5 Å². The zero-order valence-corrected chi connectivity index (χ0v) is 16.5. The van der Waals surface area contributed by atoms with Crippen LogP contribution >= 0.6 is 0 Å². The smallest absolute Gasteiger partial charge is 0.255 e. The van der Waals surface area contributed by atoms with Gasteiger partial charge in [-0.2, -0.15) is 0 Å². The minimum Gasteiger partial charge on any atom is -0.454 e. The van der Waals surface area contributed by atoms with Crippen molar-refractivity contribution in [3.63, 3.8) is 0 Å². The number of H-pyrrole nitrogens is 1. The average molecular weight is 398 g/mol. The molecule has 0 fully saturated rings. The van der Waals surface area contributed by atoms with Crippen LogP contribution in [0.4, 0.5) is 4.39 Å². The number of fused-ring (bicyclic) bond motifs is 3. The molecule has 0 saturated heterocycles. The van der Waals surface area contributed by atoms with Crippen LogP contribution in [0.25, 0.3) is 44.3 Å². The van der Waals surface area contributed by atoms with Gasteiger partial charge < -0.3 is 14.7 Å². The van der Waals surface area contributed by atoms with E-state index in [4.69, 9.17) is 4.42 Å². The molecule has 1 amide bonds. The van der Waals surface area contributed by atoms with E-state index in [2.05, 4.69) is 22.4 Å². The van der Waals surface area contributed by atoms with Crippen LogP contribution in [0.1, 0.15) is 15.9 Å². The summed E-state index contributed by atoms with van der Waals surface area (Å²) in [7, 11) is 1.59. The predicted molar refractivity (Wildman–Crippen MR) is 117 cm³/mol. The SMILES string of the molecule is CNC(=O)c1c(-c2ccc(F)cc2)oc2c1cc(-c1cccc(C)c1)c1[nH]ccc12. The zero-order chi connectivity index (χ0) is 20.8. The Morgan fingerprint density at radius 2 is 1.80 bits per heavy atom. The van der Waals surface area contributed by atoms with E-state index in [1.165, 1.54) is 12.1 Å². The van der Waals surface area contributed by atoms with Crippen molar-refractivity contribution in [1.29, 1.82) is 0 Å². The average Bonchev–Trinajstić information content (AvgIpc) is 3.38. The summed E-state index contributed by atoms with van der Waals surface area (Å²) < 4.78 is 19.7. The van der Waals surface area contributed by atoms with Crippen LogP contribution in [-0.4, -0.2) is 17.9 Å². The number of amides is 1. The van der Waals surface area contributed by atoms with E-state index in [-0.39, 0.29) is 11.7 Å². The number of hydrogen-bond donors (Lipinski definition) is 2. The van der Waals surface area contributed by atoms with E-state index in [1.807, 2.05) is 37.4 Å². The molecule has 30 heavy (non-hydrogen) atoms. The summed E-state index contributed by atoms with van der Waals surface area (Å²) in [6.07, 6.45) is 1.86. The summed E-state index contributed by atoms with van der Waals surface area (Å²) in [5, 5.41) is 4.32. The van der Waals surface area contributed by atoms with Crippen LogP contribution in [-0.2, 0) is 0 Å². The van der Waals surface area contributed by atoms with Gasteiger partial charge in [0.05, 0.1) is 11.1 Å². The van der Waals surface area contributed by atoms with E-state index in [0.717, 1.165) is 33.0 Å². The van der Waals surface area contributed by atoms with Crippen LogP contribution < -0.4 is 5.32 Å². The van der Waals surface area contributed by atoms with E-state index < -0.39 is 0 Å². The summed E-state index contributed by atoms with van der Waals surface area (Å²) in [6.45, 7) is 2.05. The fraction of sp³-hybridized carbons (Fsp3) is 0.0800. The molecule has 3 aromatic carbocycles. The van der Waals surface area contributed by atoms with Gasteiger partial charge in [0.2, 0.25) is 0 Å². The number of aromatic nitrogens is 1. The van der Waals surface area contributed by atoms with Crippen molar-refractivity contribution >= 4 is 27.8 Å². The molecule has 0 atom stereocenters. The number of hydrogen-bond acceptors (Lipinski definition) is 2. The molecule has 4 nitrogen and oxygen atoms in total. The number of benzene rings is 3. The lowest BCUT2D eigenvalue weighted by Crippen LogP contribution is -2.18. The third kappa shape index (κ3) is 2.78. The van der Waals surface area contributed by atoms with Gasteiger partial charge >= 0.3 is 0 Å². The standard InChI is InChI=1S/C25H19FN2O2/c1-14-4-3-5-16(12-14)19-13-20-21(25(29)27-2)23(15-6-8-17(26)9-7-15)30-24(20)18-10-11-28-22(18)19/h3-13,28H,1-2H3,(H,27,29). The Balaban J connectivity index is 1.88. The van der Waals surface area contributed by atoms with Crippen molar-refractivity contribution in [2.75, 3.05) is 7.05 Å². The normalized spacial score (nSPS) is 11.3. The largest absolute Gasteiger partial charge is 0.454 e. The summed E-state index contributed by atoms with van der Waals surface area (Å²) in [5.41, 5.74) is 5.84. The fourth-order valence-corrected chi connectivity index (χ4v) is 3.97. The molecule has 0 aliphatic heterocycles. The molecular weight excluding hydrogens is 379 g/mol. The number of nitrogens with one attached hydrogen (secondary N) is 2. The number of halogens is 1. The van der Waals surface area contributed by atoms with Crippen molar-refractivity contribution in [2.45, 2.75) is 6.92 Å². The number of aryl methyl sites for hydroxylation is 1. The Hall–Kier alpha value is -3.86. The third-order valence-electron chi connectivity index (χ3n) is 5.38. The maximum absolute atomic E-state index is 13.5. The summed E-state index contributed by atoms with van der Waals surface area (Å²) >= 11 is 0. The first kappa shape index (κ1) is 18.2. The Labute approximate surface area is 172 Å². The second-order valence-corrected chi connectivity index (χ2v) is 7.33. The Morgan fingerprint density at radius 1 is 1.00 bits per heavy atom. The van der Waals surface area contributed by atoms with Crippen LogP contribution in [0.15, 0.2) is 71.3 Å². The Morgan fingerprint density at radius 3 is 2.53 bits per heavy atom. The molecule has 0 bridgehead atoms. The predicted octanol–water partition coefficient (Wildman–Crippen LogP) is 6.06. The number of carbonyl (C=O) groups excluding carboxylic acids is 1. The highest BCUT2D eigenvalue weighted by Gasteiger charge is 2.24. The summed E-state index contributed by atoms with van der Waals surface area (Å²) in [6, 6.07) is 18.1. The topological polar surface area (TPSA) is 58.0 Å². The quantitative estimate of drug-likeness (QED) is 0.388. The molecule has 148 valence electrons. The van der Waals surface area contributed by atoms with Gasteiger partial charge in [0.25, 0.3) is 5.91 Å². The first-order valence-electron chi connectivity index (χ1n) is 9.68. The minimum absolute atomic E-state index is 0.252.